The summed E-state index contributed by atoms with van der Waals surface area (Å²) in [6.45, 7) is 3.98. The fourth-order valence-corrected chi connectivity index (χ4v) is 4.42. The molecule has 3 rings (SSSR count). The monoisotopic (exact) mass is 288 g/mol. The fourth-order valence-electron chi connectivity index (χ4n) is 3.40. The molecule has 1 aliphatic heterocycles. The molecule has 0 radical (unpaired) electrons. The average molecular weight is 288 g/mol. The number of carbonyl (C=O) groups is 1. The Hall–Kier alpha value is -0.650. The third-order valence-corrected chi connectivity index (χ3v) is 5.87. The molecule has 1 amide bonds. The summed E-state index contributed by atoms with van der Waals surface area (Å²) in [6.07, 6.45) is 1.08. The van der Waals surface area contributed by atoms with E-state index >= 15 is 0 Å². The molecule has 2 aliphatic carbocycles. The number of hydrogen-bond acceptors (Lipinski definition) is 3. The Morgan fingerprint density at radius 1 is 1.42 bits per heavy atom. The second-order valence-electron chi connectivity index (χ2n) is 6.18. The van der Waals surface area contributed by atoms with Crippen molar-refractivity contribution in [2.45, 2.75) is 50.3 Å². The van der Waals surface area contributed by atoms with Gasteiger partial charge in [-0.3, -0.25) is 4.79 Å². The number of aliphatic imine (C=N–C) groups is 1. The predicted molar refractivity (Wildman–Crippen MR) is 71.4 cm³/mol. The van der Waals surface area contributed by atoms with Gasteiger partial charge in [0, 0.05) is 18.4 Å². The summed E-state index contributed by atoms with van der Waals surface area (Å²) in [6, 6.07) is 0.0644. The van der Waals surface area contributed by atoms with Gasteiger partial charge in [-0.25, -0.2) is 8.78 Å². The summed E-state index contributed by atoms with van der Waals surface area (Å²) >= 11 is 1.44. The number of fused-ring (bicyclic) bond motifs is 2. The van der Waals surface area contributed by atoms with Crippen LogP contribution in [0.25, 0.3) is 0 Å². The molecule has 3 aliphatic rings. The Balaban J connectivity index is 1.60. The Morgan fingerprint density at radius 2 is 2.16 bits per heavy atom. The third-order valence-electron chi connectivity index (χ3n) is 4.43. The first kappa shape index (κ1) is 13.3. The minimum atomic E-state index is -2.48. The Bertz CT molecular complexity index is 438. The van der Waals surface area contributed by atoms with E-state index in [1.54, 1.807) is 0 Å². The van der Waals surface area contributed by atoms with Crippen molar-refractivity contribution in [3.63, 3.8) is 0 Å². The van der Waals surface area contributed by atoms with Gasteiger partial charge in [0.1, 0.15) is 0 Å². The molecule has 4 atom stereocenters. The van der Waals surface area contributed by atoms with Gasteiger partial charge in [0.2, 0.25) is 0 Å². The van der Waals surface area contributed by atoms with Crippen LogP contribution in [0.15, 0.2) is 4.99 Å². The van der Waals surface area contributed by atoms with E-state index in [1.807, 2.05) is 13.8 Å². The van der Waals surface area contributed by atoms with E-state index in [2.05, 4.69) is 10.3 Å². The summed E-state index contributed by atoms with van der Waals surface area (Å²) in [7, 11) is 0. The highest BCUT2D eigenvalue weighted by Gasteiger charge is 2.57. The van der Waals surface area contributed by atoms with Crippen molar-refractivity contribution in [1.29, 1.82) is 0 Å². The molecular weight excluding hydrogens is 270 g/mol. The van der Waals surface area contributed by atoms with E-state index in [9.17, 15) is 13.6 Å². The van der Waals surface area contributed by atoms with E-state index in [-0.39, 0.29) is 35.5 Å². The minimum Gasteiger partial charge on any atom is -0.361 e. The molecule has 19 heavy (non-hydrogen) atoms. The maximum absolute atomic E-state index is 13.4. The zero-order valence-electron chi connectivity index (χ0n) is 11.0. The lowest BCUT2D eigenvalue weighted by Crippen LogP contribution is -2.41. The van der Waals surface area contributed by atoms with Gasteiger partial charge in [0.25, 0.3) is 11.8 Å². The van der Waals surface area contributed by atoms with Crippen LogP contribution in [-0.4, -0.2) is 28.3 Å². The number of nitrogens with one attached hydrogen (secondary N) is 1. The number of amidine groups is 1. The van der Waals surface area contributed by atoms with Crippen LogP contribution >= 0.6 is 11.8 Å². The van der Waals surface area contributed by atoms with Crippen LogP contribution in [0, 0.1) is 17.8 Å². The number of alkyl halides is 2. The van der Waals surface area contributed by atoms with Crippen molar-refractivity contribution < 1.29 is 13.6 Å². The number of hydrogen-bond donors (Lipinski definition) is 1. The van der Waals surface area contributed by atoms with Crippen molar-refractivity contribution in [2.24, 2.45) is 22.7 Å². The van der Waals surface area contributed by atoms with E-state index in [0.717, 1.165) is 0 Å². The van der Waals surface area contributed by atoms with Crippen LogP contribution in [0.1, 0.15) is 33.1 Å². The predicted octanol–water partition coefficient (Wildman–Crippen LogP) is 2.66. The van der Waals surface area contributed by atoms with Crippen LogP contribution in [0.3, 0.4) is 0 Å². The van der Waals surface area contributed by atoms with Gasteiger partial charge in [0.15, 0.2) is 5.17 Å². The van der Waals surface area contributed by atoms with Gasteiger partial charge in [-0.15, -0.1) is 0 Å². The first-order chi connectivity index (χ1) is 8.87. The van der Waals surface area contributed by atoms with Gasteiger partial charge in [-0.05, 0) is 24.7 Å². The molecule has 106 valence electrons. The Labute approximate surface area is 115 Å². The summed E-state index contributed by atoms with van der Waals surface area (Å²) in [5, 5.41) is 3.73. The van der Waals surface area contributed by atoms with Gasteiger partial charge in [-0.2, -0.15) is 4.99 Å². The smallest absolute Gasteiger partial charge is 0.261 e. The molecule has 0 saturated heterocycles. The molecule has 2 bridgehead atoms. The topological polar surface area (TPSA) is 41.5 Å². The fraction of sp³-hybridized carbons (Fsp3) is 0.846. The van der Waals surface area contributed by atoms with E-state index < -0.39 is 11.8 Å². The number of nitrogens with zero attached hydrogens (tertiary/aromatic N) is 1. The maximum atomic E-state index is 13.4. The van der Waals surface area contributed by atoms with Crippen LogP contribution in [0.2, 0.25) is 0 Å². The molecule has 1 heterocycles. The molecule has 3 nitrogen and oxygen atoms in total. The second-order valence-corrected chi connectivity index (χ2v) is 7.31. The summed E-state index contributed by atoms with van der Waals surface area (Å²) in [4.78, 5) is 15.7. The maximum Gasteiger partial charge on any atom is 0.261 e. The van der Waals surface area contributed by atoms with Crippen molar-refractivity contribution in [3.05, 3.63) is 0 Å². The average Bonchev–Trinajstić information content (AvgIpc) is 2.91. The summed E-state index contributed by atoms with van der Waals surface area (Å²) in [5.74, 6) is -2.81. The quantitative estimate of drug-likeness (QED) is 0.849. The number of halogens is 2. The molecular formula is C13H18F2N2OS. The van der Waals surface area contributed by atoms with E-state index in [0.29, 0.717) is 18.0 Å². The zero-order chi connectivity index (χ0) is 13.8. The highest BCUT2D eigenvalue weighted by Crippen LogP contribution is 2.53. The molecule has 2 fully saturated rings. The molecule has 0 aromatic carbocycles. The minimum absolute atomic E-state index is 0.0190. The number of thioether (sulfide) groups is 1. The molecule has 2 saturated carbocycles. The molecule has 0 spiro atoms. The largest absolute Gasteiger partial charge is 0.361 e. The highest BCUT2D eigenvalue weighted by molar-refractivity contribution is 8.15. The second kappa shape index (κ2) is 4.43. The van der Waals surface area contributed by atoms with Crippen LogP contribution in [-0.2, 0) is 4.79 Å². The standard InChI is InChI=1S/C13H18F2N2OS/c1-6(2)10-11(18)17-12(19-10)16-9-4-8-3-7(9)5-13(8,14)15/h6-10H,3-5H2,1-2H3,(H,16,17,18)/t7-,8+,9+,10?/m1/s1. The number of carbonyl (C=O) groups excluding carboxylic acids is 1. The molecule has 1 unspecified atom stereocenters. The van der Waals surface area contributed by atoms with Gasteiger partial charge < -0.3 is 5.32 Å². The lowest BCUT2D eigenvalue weighted by atomic mass is 9.92. The normalized spacial score (nSPS) is 40.1. The lowest BCUT2D eigenvalue weighted by molar-refractivity contribution is -0.117. The zero-order valence-corrected chi connectivity index (χ0v) is 11.8. The third kappa shape index (κ3) is 2.28. The van der Waals surface area contributed by atoms with Gasteiger partial charge in [-0.1, -0.05) is 25.6 Å². The van der Waals surface area contributed by atoms with Crippen molar-refractivity contribution in [3.8, 4) is 0 Å². The van der Waals surface area contributed by atoms with Crippen LogP contribution in [0.4, 0.5) is 8.78 Å². The van der Waals surface area contributed by atoms with E-state index in [1.165, 1.54) is 11.8 Å². The van der Waals surface area contributed by atoms with Crippen molar-refractivity contribution in [1.82, 2.24) is 5.32 Å². The Kier molecular flexibility index (Phi) is 3.11. The molecule has 0 aromatic heterocycles. The number of amides is 1. The van der Waals surface area contributed by atoms with Crippen LogP contribution < -0.4 is 5.32 Å². The summed E-state index contributed by atoms with van der Waals surface area (Å²) in [5.41, 5.74) is 0. The van der Waals surface area contributed by atoms with E-state index in [4.69, 9.17) is 0 Å². The number of rotatable bonds is 2. The molecule has 1 N–H and O–H groups in total. The van der Waals surface area contributed by atoms with Crippen LogP contribution in [0.5, 0.6) is 0 Å². The first-order valence-corrected chi connectivity index (χ1v) is 7.68. The van der Waals surface area contributed by atoms with Gasteiger partial charge >= 0.3 is 0 Å². The van der Waals surface area contributed by atoms with Crippen molar-refractivity contribution in [2.75, 3.05) is 0 Å². The first-order valence-electron chi connectivity index (χ1n) is 6.80. The van der Waals surface area contributed by atoms with Crippen molar-refractivity contribution >= 4 is 22.8 Å². The SMILES string of the molecule is CC(C)C1SC(N[C@H]2C[C@@H]3C[C@@H]2CC3(F)F)=NC1=O. The van der Waals surface area contributed by atoms with Gasteiger partial charge in [0.05, 0.1) is 5.25 Å². The molecule has 6 heteroatoms. The highest BCUT2D eigenvalue weighted by atomic mass is 32.2. The Morgan fingerprint density at radius 3 is 2.63 bits per heavy atom. The lowest BCUT2D eigenvalue weighted by Gasteiger charge is -2.28. The molecule has 0 aromatic rings. The summed E-state index contributed by atoms with van der Waals surface area (Å²) < 4.78 is 26.9.